The van der Waals surface area contributed by atoms with Crippen LogP contribution in [0.15, 0.2) is 152 Å². The van der Waals surface area contributed by atoms with Crippen LogP contribution < -0.4 is 10.6 Å². The van der Waals surface area contributed by atoms with Gasteiger partial charge in [0, 0.05) is 40.6 Å². The van der Waals surface area contributed by atoms with Crippen molar-refractivity contribution in [2.45, 2.75) is 23.6 Å². The van der Waals surface area contributed by atoms with E-state index in [9.17, 15) is 19.2 Å². The molecule has 0 radical (unpaired) electrons. The molecule has 0 spiro atoms. The lowest BCUT2D eigenvalue weighted by Gasteiger charge is -2.18. The Hall–Kier alpha value is -6.32. The molecule has 0 bridgehead atoms. The maximum Gasteiger partial charge on any atom is 0.337 e. The molecule has 0 fully saturated rings. The molecule has 2 amide bonds. The summed E-state index contributed by atoms with van der Waals surface area (Å²) >= 11 is 7.13. The number of hydrogen-bond donors (Lipinski definition) is 2. The Morgan fingerprint density at radius 3 is 1.28 bits per heavy atom. The first kappa shape index (κ1) is 44.3. The van der Waals surface area contributed by atoms with Crippen molar-refractivity contribution in [1.29, 1.82) is 0 Å². The number of nitrogens with zero attached hydrogens (tertiary/aromatic N) is 2. The number of benzene rings is 6. The molecule has 318 valence electrons. The standard InChI is InChI=1S/C50H36Br2N4O6S2/c1-27-43(35-25-33(51)17-21-37(35)53-45(27)29-11-7-5-8-12-29)47(57)55-39-19-15-31(49(59)61-3)23-41(39)63-64-42-24-32(50(60)62-4)16-20-40(42)56-48(58)44-28(2)46(30-13-9-6-10-14-30)54-38-22-18-34(52)26-36(38)44/h5-26H,1-4H3,(H,55,57)(H,56,58). The number of aromatic nitrogens is 2. The van der Waals surface area contributed by atoms with Crippen LogP contribution in [0.2, 0.25) is 0 Å². The fourth-order valence-corrected chi connectivity index (χ4v) is 10.4. The van der Waals surface area contributed by atoms with Crippen LogP contribution in [0.25, 0.3) is 44.3 Å². The molecule has 8 rings (SSSR count). The molecule has 0 aliphatic heterocycles. The number of pyridine rings is 2. The fourth-order valence-electron chi connectivity index (χ4n) is 7.34. The maximum atomic E-state index is 14.6. The highest BCUT2D eigenvalue weighted by Gasteiger charge is 2.24. The summed E-state index contributed by atoms with van der Waals surface area (Å²) < 4.78 is 11.7. The van der Waals surface area contributed by atoms with Crippen molar-refractivity contribution in [3.05, 3.63) is 176 Å². The van der Waals surface area contributed by atoms with Crippen LogP contribution in [-0.2, 0) is 9.47 Å². The Labute approximate surface area is 393 Å². The van der Waals surface area contributed by atoms with Gasteiger partial charge in [-0.3, -0.25) is 9.59 Å². The number of carbonyl (C=O) groups is 4. The summed E-state index contributed by atoms with van der Waals surface area (Å²) in [5, 5.41) is 7.52. The normalized spacial score (nSPS) is 11.0. The monoisotopic (exact) mass is 1010 g/mol. The summed E-state index contributed by atoms with van der Waals surface area (Å²) in [6.45, 7) is 3.75. The van der Waals surface area contributed by atoms with Gasteiger partial charge in [0.1, 0.15) is 0 Å². The molecule has 10 nitrogen and oxygen atoms in total. The van der Waals surface area contributed by atoms with Gasteiger partial charge in [-0.2, -0.15) is 0 Å². The molecule has 0 unspecified atom stereocenters. The molecule has 2 aromatic heterocycles. The quantitative estimate of drug-likeness (QED) is 0.0952. The SMILES string of the molecule is COC(=O)c1ccc(NC(=O)c2c(C)c(-c3ccccc3)nc3ccc(Br)cc23)c(SSc2cc(C(=O)OC)ccc2NC(=O)c2c(C)c(-c3ccccc3)nc3ccc(Br)cc23)c1. The van der Waals surface area contributed by atoms with Crippen molar-refractivity contribution in [3.63, 3.8) is 0 Å². The van der Waals surface area contributed by atoms with Gasteiger partial charge in [0.15, 0.2) is 0 Å². The van der Waals surface area contributed by atoms with E-state index in [4.69, 9.17) is 19.4 Å². The molecule has 0 saturated carbocycles. The van der Waals surface area contributed by atoms with Crippen LogP contribution in [0.1, 0.15) is 52.6 Å². The molecule has 8 aromatic rings. The number of methoxy groups -OCH3 is 2. The number of rotatable bonds is 11. The lowest BCUT2D eigenvalue weighted by atomic mass is 9.97. The van der Waals surface area contributed by atoms with E-state index in [0.29, 0.717) is 76.6 Å². The minimum absolute atomic E-state index is 0.252. The van der Waals surface area contributed by atoms with Crippen molar-refractivity contribution in [2.75, 3.05) is 24.9 Å². The summed E-state index contributed by atoms with van der Waals surface area (Å²) in [4.78, 5) is 65.8. The molecule has 0 aliphatic rings. The predicted molar refractivity (Wildman–Crippen MR) is 262 cm³/mol. The number of anilines is 2. The summed E-state index contributed by atoms with van der Waals surface area (Å²) in [6.07, 6.45) is 0. The number of fused-ring (bicyclic) bond motifs is 2. The Balaban J connectivity index is 1.17. The molecule has 14 heteroatoms. The van der Waals surface area contributed by atoms with Gasteiger partial charge < -0.3 is 20.1 Å². The van der Waals surface area contributed by atoms with E-state index in [1.807, 2.05) is 111 Å². The zero-order valence-corrected chi connectivity index (χ0v) is 39.4. The zero-order valence-electron chi connectivity index (χ0n) is 34.6. The van der Waals surface area contributed by atoms with Crippen LogP contribution in [0.3, 0.4) is 0 Å². The predicted octanol–water partition coefficient (Wildman–Crippen LogP) is 13.1. The lowest BCUT2D eigenvalue weighted by molar-refractivity contribution is 0.0591. The van der Waals surface area contributed by atoms with Crippen LogP contribution in [0.5, 0.6) is 0 Å². The minimum atomic E-state index is -0.569. The van der Waals surface area contributed by atoms with Gasteiger partial charge in [-0.15, -0.1) is 0 Å². The van der Waals surface area contributed by atoms with E-state index < -0.39 is 11.9 Å². The number of esters is 2. The third kappa shape index (κ3) is 9.18. The van der Waals surface area contributed by atoms with Crippen LogP contribution in [-0.4, -0.2) is 47.9 Å². The van der Waals surface area contributed by atoms with E-state index in [1.54, 1.807) is 36.4 Å². The Morgan fingerprint density at radius 2 is 0.906 bits per heavy atom. The van der Waals surface area contributed by atoms with E-state index in [-0.39, 0.29) is 22.9 Å². The highest BCUT2D eigenvalue weighted by Crippen LogP contribution is 2.45. The van der Waals surface area contributed by atoms with Crippen LogP contribution in [0, 0.1) is 13.8 Å². The van der Waals surface area contributed by atoms with E-state index in [2.05, 4.69) is 42.5 Å². The average molecular weight is 1010 g/mol. The van der Waals surface area contributed by atoms with Crippen molar-refractivity contribution >= 4 is 110 Å². The zero-order chi connectivity index (χ0) is 45.1. The smallest absolute Gasteiger partial charge is 0.337 e. The molecule has 2 N–H and O–H groups in total. The van der Waals surface area contributed by atoms with Crippen molar-refractivity contribution in [3.8, 4) is 22.5 Å². The summed E-state index contributed by atoms with van der Waals surface area (Å²) in [5.74, 6) is -1.92. The summed E-state index contributed by atoms with van der Waals surface area (Å²) in [5.41, 5.74) is 7.91. The van der Waals surface area contributed by atoms with Gasteiger partial charge in [0.2, 0.25) is 0 Å². The molecule has 0 atom stereocenters. The lowest BCUT2D eigenvalue weighted by Crippen LogP contribution is -2.16. The largest absolute Gasteiger partial charge is 0.465 e. The van der Waals surface area contributed by atoms with Crippen LogP contribution in [0.4, 0.5) is 11.4 Å². The third-order valence-corrected chi connectivity index (χ3v) is 13.9. The molecule has 2 heterocycles. The molecule has 64 heavy (non-hydrogen) atoms. The second-order valence-electron chi connectivity index (χ2n) is 14.5. The highest BCUT2D eigenvalue weighted by molar-refractivity contribution is 9.10. The molecule has 0 saturated heterocycles. The van der Waals surface area contributed by atoms with E-state index in [0.717, 1.165) is 20.1 Å². The second-order valence-corrected chi connectivity index (χ2v) is 18.5. The van der Waals surface area contributed by atoms with Crippen molar-refractivity contribution in [1.82, 2.24) is 9.97 Å². The summed E-state index contributed by atoms with van der Waals surface area (Å²) in [7, 11) is 5.02. The first-order valence-corrected chi connectivity index (χ1v) is 23.4. The molecular weight excluding hydrogens is 977 g/mol. The van der Waals surface area contributed by atoms with Gasteiger partial charge in [0.25, 0.3) is 11.8 Å². The number of nitrogens with one attached hydrogen (secondary N) is 2. The second kappa shape index (κ2) is 19.2. The molecule has 6 aromatic carbocycles. The number of carbonyl (C=O) groups excluding carboxylic acids is 4. The number of ether oxygens (including phenoxy) is 2. The average Bonchev–Trinajstić information content (AvgIpc) is 3.31. The number of amides is 2. The van der Waals surface area contributed by atoms with Gasteiger partial charge >= 0.3 is 11.9 Å². The maximum absolute atomic E-state index is 14.6. The Bertz CT molecular complexity index is 2960. The molecular formula is C50H36Br2N4O6S2. The first-order valence-electron chi connectivity index (χ1n) is 19.7. The van der Waals surface area contributed by atoms with E-state index in [1.165, 1.54) is 35.8 Å². The van der Waals surface area contributed by atoms with Crippen molar-refractivity contribution in [2.24, 2.45) is 0 Å². The number of halogens is 2. The van der Waals surface area contributed by atoms with E-state index >= 15 is 0 Å². The Kier molecular flexibility index (Phi) is 13.3. The third-order valence-electron chi connectivity index (χ3n) is 10.5. The van der Waals surface area contributed by atoms with Gasteiger partial charge in [-0.05, 0) is 97.8 Å². The molecule has 0 aliphatic carbocycles. The summed E-state index contributed by atoms with van der Waals surface area (Å²) in [6, 6.07) is 40.3. The van der Waals surface area contributed by atoms with Gasteiger partial charge in [-0.1, -0.05) is 114 Å². The highest BCUT2D eigenvalue weighted by atomic mass is 79.9. The number of hydrogen-bond acceptors (Lipinski definition) is 10. The topological polar surface area (TPSA) is 137 Å². The minimum Gasteiger partial charge on any atom is -0.465 e. The van der Waals surface area contributed by atoms with Gasteiger partial charge in [-0.25, -0.2) is 19.6 Å². The van der Waals surface area contributed by atoms with Crippen LogP contribution >= 0.6 is 53.4 Å². The Morgan fingerprint density at radius 1 is 0.516 bits per heavy atom. The first-order chi connectivity index (χ1) is 30.9. The van der Waals surface area contributed by atoms with Gasteiger partial charge in [0.05, 0.1) is 70.3 Å². The fraction of sp³-hybridized carbons (Fsp3) is 0.0800. The van der Waals surface area contributed by atoms with Crippen molar-refractivity contribution < 1.29 is 28.7 Å².